The molecule has 1 amide bonds. The quantitative estimate of drug-likeness (QED) is 0.606. The molecule has 2 aromatic rings. The Morgan fingerprint density at radius 3 is 2.42 bits per heavy atom. The number of carbonyl (C=O) groups excluding carboxylic acids is 2. The van der Waals surface area contributed by atoms with Crippen LogP contribution in [0.5, 0.6) is 5.75 Å². The van der Waals surface area contributed by atoms with Crippen LogP contribution in [0.3, 0.4) is 0 Å². The van der Waals surface area contributed by atoms with Gasteiger partial charge in [-0.25, -0.2) is 13.2 Å². The topological polar surface area (TPSA) is 93.2 Å². The monoisotopic (exact) mass is 446 g/mol. The molecule has 1 saturated heterocycles. The van der Waals surface area contributed by atoms with Crippen LogP contribution in [0.25, 0.3) is 0 Å². The molecule has 1 aliphatic heterocycles. The van der Waals surface area contributed by atoms with Gasteiger partial charge < -0.3 is 14.4 Å². The first-order chi connectivity index (χ1) is 14.8. The summed E-state index contributed by atoms with van der Waals surface area (Å²) in [7, 11) is -1.38. The lowest BCUT2D eigenvalue weighted by atomic mass is 10.2. The molecule has 0 N–H and O–H groups in total. The highest BCUT2D eigenvalue weighted by molar-refractivity contribution is 7.92. The maximum atomic E-state index is 13.5. The molecule has 0 spiro atoms. The lowest BCUT2D eigenvalue weighted by Gasteiger charge is -2.29. The molecule has 2 aromatic carbocycles. The van der Waals surface area contributed by atoms with Crippen molar-refractivity contribution in [2.75, 3.05) is 31.6 Å². The smallest absolute Gasteiger partial charge is 0.328 e. The molecule has 1 fully saturated rings. The molecule has 3 rings (SSSR count). The van der Waals surface area contributed by atoms with E-state index in [2.05, 4.69) is 0 Å². The van der Waals surface area contributed by atoms with Crippen molar-refractivity contribution in [2.45, 2.75) is 30.7 Å². The van der Waals surface area contributed by atoms with E-state index in [1.54, 1.807) is 36.4 Å². The van der Waals surface area contributed by atoms with Crippen LogP contribution in [-0.4, -0.2) is 58.5 Å². The van der Waals surface area contributed by atoms with Crippen LogP contribution < -0.4 is 9.04 Å². The number of hydrogen-bond acceptors (Lipinski definition) is 6. The number of carbonyl (C=O) groups is 2. The van der Waals surface area contributed by atoms with E-state index < -0.39 is 34.5 Å². The molecule has 1 aliphatic rings. The third-order valence-electron chi connectivity index (χ3n) is 5.29. The number of rotatable bonds is 7. The highest BCUT2D eigenvalue weighted by atomic mass is 32.2. The number of benzene rings is 2. The number of para-hydroxylation sites is 2. The SMILES string of the molecule is COC(=O)[C@@H]1CCCN1C(=O)CN(c1ccccc1OC)S(=O)(=O)c1ccc(C)cc1. The lowest BCUT2D eigenvalue weighted by molar-refractivity contribution is -0.150. The molecule has 0 unspecified atom stereocenters. The number of aryl methyl sites for hydroxylation is 1. The lowest BCUT2D eigenvalue weighted by Crippen LogP contribution is -2.47. The Kier molecular flexibility index (Phi) is 6.84. The van der Waals surface area contributed by atoms with Crippen molar-refractivity contribution in [2.24, 2.45) is 0 Å². The summed E-state index contributed by atoms with van der Waals surface area (Å²) in [6.45, 7) is 1.76. The van der Waals surface area contributed by atoms with Gasteiger partial charge in [-0.3, -0.25) is 9.10 Å². The number of sulfonamides is 1. The van der Waals surface area contributed by atoms with Gasteiger partial charge in [-0.1, -0.05) is 29.8 Å². The highest BCUT2D eigenvalue weighted by Gasteiger charge is 2.37. The van der Waals surface area contributed by atoms with E-state index >= 15 is 0 Å². The van der Waals surface area contributed by atoms with Crippen LogP contribution in [-0.2, 0) is 24.3 Å². The van der Waals surface area contributed by atoms with E-state index in [1.807, 2.05) is 6.92 Å². The molecule has 0 aliphatic carbocycles. The summed E-state index contributed by atoms with van der Waals surface area (Å²) in [5.41, 5.74) is 1.16. The molecule has 31 heavy (non-hydrogen) atoms. The Morgan fingerprint density at radius 2 is 1.77 bits per heavy atom. The number of hydrogen-bond donors (Lipinski definition) is 0. The van der Waals surface area contributed by atoms with Gasteiger partial charge in [-0.05, 0) is 44.0 Å². The van der Waals surface area contributed by atoms with Gasteiger partial charge in [0.1, 0.15) is 18.3 Å². The number of likely N-dealkylation sites (tertiary alicyclic amines) is 1. The molecule has 1 heterocycles. The number of ether oxygens (including phenoxy) is 2. The second-order valence-electron chi connectivity index (χ2n) is 7.26. The third-order valence-corrected chi connectivity index (χ3v) is 7.06. The zero-order chi connectivity index (χ0) is 22.6. The van der Waals surface area contributed by atoms with Crippen molar-refractivity contribution in [3.05, 3.63) is 54.1 Å². The minimum atomic E-state index is -4.08. The zero-order valence-corrected chi connectivity index (χ0v) is 18.6. The zero-order valence-electron chi connectivity index (χ0n) is 17.8. The van der Waals surface area contributed by atoms with Crippen molar-refractivity contribution >= 4 is 27.6 Å². The van der Waals surface area contributed by atoms with E-state index in [0.717, 1.165) is 9.87 Å². The summed E-state index contributed by atoms with van der Waals surface area (Å²) < 4.78 is 38.3. The standard InChI is InChI=1S/C22H26N2O6S/c1-16-10-12-17(13-11-16)31(27,28)24(18-7-4-5-9-20(18)29-2)15-21(25)23-14-6-8-19(23)22(26)30-3/h4-5,7,9-13,19H,6,8,14-15H2,1-3H3/t19-/m0/s1. The predicted octanol–water partition coefficient (Wildman–Crippen LogP) is 2.36. The fourth-order valence-corrected chi connectivity index (χ4v) is 5.06. The minimum Gasteiger partial charge on any atom is -0.495 e. The number of esters is 1. The molecular weight excluding hydrogens is 420 g/mol. The first-order valence-electron chi connectivity index (χ1n) is 9.89. The molecule has 0 bridgehead atoms. The number of anilines is 1. The second kappa shape index (κ2) is 9.38. The molecule has 0 radical (unpaired) electrons. The molecule has 0 aromatic heterocycles. The molecule has 0 saturated carbocycles. The van der Waals surface area contributed by atoms with Gasteiger partial charge in [0.15, 0.2) is 0 Å². The van der Waals surface area contributed by atoms with Crippen molar-refractivity contribution < 1.29 is 27.5 Å². The van der Waals surface area contributed by atoms with E-state index in [0.29, 0.717) is 25.1 Å². The molecular formula is C22H26N2O6S. The Labute approximate surface area is 182 Å². The fourth-order valence-electron chi connectivity index (χ4n) is 3.63. The van der Waals surface area contributed by atoms with Crippen molar-refractivity contribution in [3.63, 3.8) is 0 Å². The van der Waals surface area contributed by atoms with Gasteiger partial charge in [-0.2, -0.15) is 0 Å². The summed E-state index contributed by atoms with van der Waals surface area (Å²) in [4.78, 5) is 26.7. The molecule has 166 valence electrons. The highest BCUT2D eigenvalue weighted by Crippen LogP contribution is 2.33. The van der Waals surface area contributed by atoms with Gasteiger partial charge in [0.25, 0.3) is 10.0 Å². The first kappa shape index (κ1) is 22.6. The van der Waals surface area contributed by atoms with Gasteiger partial charge in [-0.15, -0.1) is 0 Å². The number of methoxy groups -OCH3 is 2. The normalized spacial score (nSPS) is 16.1. The maximum absolute atomic E-state index is 13.5. The van der Waals surface area contributed by atoms with Crippen LogP contribution in [0, 0.1) is 6.92 Å². The van der Waals surface area contributed by atoms with Crippen molar-refractivity contribution in [3.8, 4) is 5.75 Å². The Bertz CT molecular complexity index is 1050. The van der Waals surface area contributed by atoms with Crippen LogP contribution in [0.15, 0.2) is 53.4 Å². The van der Waals surface area contributed by atoms with E-state index in [-0.39, 0.29) is 10.6 Å². The van der Waals surface area contributed by atoms with Crippen LogP contribution >= 0.6 is 0 Å². The predicted molar refractivity (Wildman–Crippen MR) is 115 cm³/mol. The summed E-state index contributed by atoms with van der Waals surface area (Å²) in [6, 6.07) is 12.3. The van der Waals surface area contributed by atoms with E-state index in [1.165, 1.54) is 31.3 Å². The van der Waals surface area contributed by atoms with Gasteiger partial charge >= 0.3 is 5.97 Å². The van der Waals surface area contributed by atoms with Crippen LogP contribution in [0.4, 0.5) is 5.69 Å². The Morgan fingerprint density at radius 1 is 1.10 bits per heavy atom. The molecule has 1 atom stereocenters. The molecule has 9 heteroatoms. The van der Waals surface area contributed by atoms with Crippen LogP contribution in [0.2, 0.25) is 0 Å². The fraction of sp³-hybridized carbons (Fsp3) is 0.364. The van der Waals surface area contributed by atoms with Crippen molar-refractivity contribution in [1.29, 1.82) is 0 Å². The van der Waals surface area contributed by atoms with Gasteiger partial charge in [0.05, 0.1) is 24.8 Å². The Balaban J connectivity index is 2.01. The van der Waals surface area contributed by atoms with Gasteiger partial charge in [0.2, 0.25) is 5.91 Å². The molecule has 8 nitrogen and oxygen atoms in total. The second-order valence-corrected chi connectivity index (χ2v) is 9.13. The number of amides is 1. The van der Waals surface area contributed by atoms with Crippen LogP contribution in [0.1, 0.15) is 18.4 Å². The maximum Gasteiger partial charge on any atom is 0.328 e. The van der Waals surface area contributed by atoms with Crippen molar-refractivity contribution in [1.82, 2.24) is 4.90 Å². The third kappa shape index (κ3) is 4.66. The minimum absolute atomic E-state index is 0.0581. The largest absolute Gasteiger partial charge is 0.495 e. The average molecular weight is 447 g/mol. The summed E-state index contributed by atoms with van der Waals surface area (Å²) in [6.07, 6.45) is 1.13. The average Bonchev–Trinajstić information content (AvgIpc) is 3.27. The summed E-state index contributed by atoms with van der Waals surface area (Å²) in [5, 5.41) is 0. The summed E-state index contributed by atoms with van der Waals surface area (Å²) in [5.74, 6) is -0.664. The van der Waals surface area contributed by atoms with Gasteiger partial charge in [0, 0.05) is 6.54 Å². The Hall–Kier alpha value is -3.07. The van der Waals surface area contributed by atoms with E-state index in [4.69, 9.17) is 9.47 Å². The first-order valence-corrected chi connectivity index (χ1v) is 11.3. The number of nitrogens with zero attached hydrogens (tertiary/aromatic N) is 2. The summed E-state index contributed by atoms with van der Waals surface area (Å²) >= 11 is 0. The van der Waals surface area contributed by atoms with E-state index in [9.17, 15) is 18.0 Å².